The van der Waals surface area contributed by atoms with Gasteiger partial charge in [-0.15, -0.1) is 0 Å². The largest absolute Gasteiger partial charge is 0.417 e. The molecule has 0 aliphatic rings. The van der Waals surface area contributed by atoms with E-state index in [1.54, 1.807) is 12.1 Å². The highest BCUT2D eigenvalue weighted by atomic mass is 32.1. The maximum atomic E-state index is 13.1. The topological polar surface area (TPSA) is 46.0 Å². The first-order valence-corrected chi connectivity index (χ1v) is 7.87. The Kier molecular flexibility index (Phi) is 4.99. The first-order chi connectivity index (χ1) is 12.3. The van der Waals surface area contributed by atoms with Crippen LogP contribution in [0, 0.1) is 10.6 Å². The number of H-pyrrole nitrogens is 1. The summed E-state index contributed by atoms with van der Waals surface area (Å²) in [7, 11) is 0. The van der Waals surface area contributed by atoms with Gasteiger partial charge in [0.2, 0.25) is 4.77 Å². The zero-order chi connectivity index (χ0) is 18.7. The number of benzene rings is 2. The summed E-state index contributed by atoms with van der Waals surface area (Å²) in [5.74, 6) is 0.0248. The molecule has 0 saturated heterocycles. The Hall–Kier alpha value is -2.81. The molecule has 0 spiro atoms. The molecule has 0 fully saturated rings. The van der Waals surface area contributed by atoms with Gasteiger partial charge < -0.3 is 0 Å². The van der Waals surface area contributed by atoms with Crippen molar-refractivity contribution in [1.82, 2.24) is 14.9 Å². The van der Waals surface area contributed by atoms with E-state index in [4.69, 9.17) is 12.2 Å². The SMILES string of the molecule is Fc1ccc(Cc2n[nH]c(=S)n2/N=C\c2ccccc2C(F)(F)F)cc1. The third kappa shape index (κ3) is 4.05. The van der Waals surface area contributed by atoms with Gasteiger partial charge in [0.1, 0.15) is 5.82 Å². The first-order valence-electron chi connectivity index (χ1n) is 7.46. The highest BCUT2D eigenvalue weighted by Crippen LogP contribution is 2.31. The van der Waals surface area contributed by atoms with E-state index in [0.29, 0.717) is 5.82 Å². The molecule has 4 nitrogen and oxygen atoms in total. The molecule has 26 heavy (non-hydrogen) atoms. The molecule has 0 unspecified atom stereocenters. The Bertz CT molecular complexity index is 987. The van der Waals surface area contributed by atoms with Gasteiger partial charge in [-0.3, -0.25) is 5.10 Å². The second kappa shape index (κ2) is 7.20. The van der Waals surface area contributed by atoms with Gasteiger partial charge in [-0.05, 0) is 36.0 Å². The minimum atomic E-state index is -4.49. The highest BCUT2D eigenvalue weighted by Gasteiger charge is 2.32. The van der Waals surface area contributed by atoms with Gasteiger partial charge in [-0.1, -0.05) is 30.3 Å². The van der Waals surface area contributed by atoms with E-state index < -0.39 is 11.7 Å². The van der Waals surface area contributed by atoms with Crippen LogP contribution in [-0.4, -0.2) is 21.1 Å². The Balaban J connectivity index is 1.92. The molecule has 0 atom stereocenters. The summed E-state index contributed by atoms with van der Waals surface area (Å²) in [5, 5.41) is 10.6. The van der Waals surface area contributed by atoms with Crippen LogP contribution < -0.4 is 0 Å². The number of aromatic nitrogens is 3. The normalized spacial score (nSPS) is 12.0. The molecular formula is C17H12F4N4S. The lowest BCUT2D eigenvalue weighted by molar-refractivity contribution is -0.137. The quantitative estimate of drug-likeness (QED) is 0.409. The van der Waals surface area contributed by atoms with Crippen LogP contribution in [-0.2, 0) is 12.6 Å². The monoisotopic (exact) mass is 380 g/mol. The molecule has 0 radical (unpaired) electrons. The third-order valence-corrected chi connectivity index (χ3v) is 3.84. The molecule has 1 N–H and O–H groups in total. The lowest BCUT2D eigenvalue weighted by Crippen LogP contribution is -2.09. The fraction of sp³-hybridized carbons (Fsp3) is 0.118. The molecule has 2 aromatic carbocycles. The van der Waals surface area contributed by atoms with Crippen LogP contribution in [0.1, 0.15) is 22.5 Å². The van der Waals surface area contributed by atoms with Crippen LogP contribution in [0.25, 0.3) is 0 Å². The number of hydrogen-bond donors (Lipinski definition) is 1. The predicted octanol–water partition coefficient (Wildman–Crippen LogP) is 4.57. The fourth-order valence-electron chi connectivity index (χ4n) is 2.33. The third-order valence-electron chi connectivity index (χ3n) is 3.57. The Labute approximate surface area is 150 Å². The van der Waals surface area contributed by atoms with Crippen molar-refractivity contribution in [2.45, 2.75) is 12.6 Å². The van der Waals surface area contributed by atoms with Crippen LogP contribution in [0.4, 0.5) is 17.6 Å². The maximum absolute atomic E-state index is 13.1. The van der Waals surface area contributed by atoms with E-state index in [2.05, 4.69) is 15.3 Å². The number of aromatic amines is 1. The van der Waals surface area contributed by atoms with Crippen molar-refractivity contribution in [3.8, 4) is 0 Å². The summed E-state index contributed by atoms with van der Waals surface area (Å²) in [5.41, 5.74) is -0.123. The number of nitrogens with one attached hydrogen (secondary N) is 1. The molecular weight excluding hydrogens is 368 g/mol. The Morgan fingerprint density at radius 3 is 2.50 bits per heavy atom. The lowest BCUT2D eigenvalue weighted by Gasteiger charge is -2.09. The summed E-state index contributed by atoms with van der Waals surface area (Å²) in [6, 6.07) is 10.9. The summed E-state index contributed by atoms with van der Waals surface area (Å²) in [4.78, 5) is 0. The predicted molar refractivity (Wildman–Crippen MR) is 91.1 cm³/mol. The average molecular weight is 380 g/mol. The van der Waals surface area contributed by atoms with Crippen LogP contribution in [0.15, 0.2) is 53.6 Å². The molecule has 3 aromatic rings. The van der Waals surface area contributed by atoms with E-state index in [0.717, 1.165) is 17.8 Å². The van der Waals surface area contributed by atoms with Crippen LogP contribution in [0.2, 0.25) is 0 Å². The molecule has 134 valence electrons. The molecule has 0 bridgehead atoms. The summed E-state index contributed by atoms with van der Waals surface area (Å²) in [6.07, 6.45) is -3.12. The first kappa shape index (κ1) is 18.0. The molecule has 1 heterocycles. The van der Waals surface area contributed by atoms with Crippen molar-refractivity contribution in [2.75, 3.05) is 0 Å². The van der Waals surface area contributed by atoms with Crippen molar-refractivity contribution in [2.24, 2.45) is 5.10 Å². The number of rotatable bonds is 4. The van der Waals surface area contributed by atoms with Gasteiger partial charge in [0.25, 0.3) is 0 Å². The van der Waals surface area contributed by atoms with Gasteiger partial charge in [0, 0.05) is 12.0 Å². The van der Waals surface area contributed by atoms with Gasteiger partial charge in [-0.25, -0.2) is 4.39 Å². The molecule has 3 rings (SSSR count). The molecule has 0 saturated carbocycles. The second-order valence-corrected chi connectivity index (χ2v) is 5.78. The fourth-order valence-corrected chi connectivity index (χ4v) is 2.53. The zero-order valence-corrected chi connectivity index (χ0v) is 14.0. The molecule has 0 amide bonds. The number of halogens is 4. The standard InChI is InChI=1S/C17H12F4N4S/c18-13-7-5-11(6-8-13)9-15-23-24-16(26)25(15)22-10-12-3-1-2-4-14(12)17(19,20)21/h1-8,10H,9H2,(H,24,26)/b22-10-. The minimum Gasteiger partial charge on any atom is -0.250 e. The highest BCUT2D eigenvalue weighted by molar-refractivity contribution is 7.71. The van der Waals surface area contributed by atoms with Crippen LogP contribution in [0.3, 0.4) is 0 Å². The summed E-state index contributed by atoms with van der Waals surface area (Å²) >= 11 is 5.08. The van der Waals surface area contributed by atoms with E-state index in [-0.39, 0.29) is 22.6 Å². The molecule has 0 aliphatic heterocycles. The van der Waals surface area contributed by atoms with Crippen molar-refractivity contribution in [1.29, 1.82) is 0 Å². The van der Waals surface area contributed by atoms with Crippen molar-refractivity contribution < 1.29 is 17.6 Å². The van der Waals surface area contributed by atoms with E-state index in [1.807, 2.05) is 0 Å². The number of hydrogen-bond acceptors (Lipinski definition) is 3. The minimum absolute atomic E-state index is 0.0872. The van der Waals surface area contributed by atoms with Gasteiger partial charge >= 0.3 is 6.18 Å². The average Bonchev–Trinajstić information content (AvgIpc) is 2.94. The smallest absolute Gasteiger partial charge is 0.250 e. The van der Waals surface area contributed by atoms with E-state index in [9.17, 15) is 17.6 Å². The van der Waals surface area contributed by atoms with Crippen molar-refractivity contribution in [3.63, 3.8) is 0 Å². The molecule has 9 heteroatoms. The maximum Gasteiger partial charge on any atom is 0.417 e. The van der Waals surface area contributed by atoms with Gasteiger partial charge in [0.15, 0.2) is 5.82 Å². The van der Waals surface area contributed by atoms with E-state index >= 15 is 0 Å². The number of alkyl halides is 3. The summed E-state index contributed by atoms with van der Waals surface area (Å²) in [6.45, 7) is 0. The van der Waals surface area contributed by atoms with Gasteiger partial charge in [0.05, 0.1) is 11.8 Å². The number of nitrogens with zero attached hydrogens (tertiary/aromatic N) is 3. The Morgan fingerprint density at radius 1 is 1.12 bits per heavy atom. The Morgan fingerprint density at radius 2 is 1.81 bits per heavy atom. The lowest BCUT2D eigenvalue weighted by atomic mass is 10.1. The molecule has 0 aliphatic carbocycles. The molecule has 1 aromatic heterocycles. The van der Waals surface area contributed by atoms with Crippen molar-refractivity contribution in [3.05, 3.63) is 81.6 Å². The van der Waals surface area contributed by atoms with Crippen molar-refractivity contribution >= 4 is 18.4 Å². The zero-order valence-electron chi connectivity index (χ0n) is 13.2. The van der Waals surface area contributed by atoms with Crippen LogP contribution >= 0.6 is 12.2 Å². The van der Waals surface area contributed by atoms with E-state index in [1.165, 1.54) is 35.0 Å². The second-order valence-electron chi connectivity index (χ2n) is 5.39. The van der Waals surface area contributed by atoms with Crippen LogP contribution in [0.5, 0.6) is 0 Å². The van der Waals surface area contributed by atoms with Gasteiger partial charge in [-0.2, -0.15) is 28.0 Å². The summed E-state index contributed by atoms with van der Waals surface area (Å²) < 4.78 is 53.5.